The molecule has 0 heterocycles. The molecule has 1 N–H and O–H groups in total. The molecule has 1 heteroatoms. The lowest BCUT2D eigenvalue weighted by Crippen LogP contribution is -2.00. The van der Waals surface area contributed by atoms with Gasteiger partial charge >= 0.3 is 0 Å². The van der Waals surface area contributed by atoms with Crippen molar-refractivity contribution in [2.24, 2.45) is 0 Å². The van der Waals surface area contributed by atoms with Crippen LogP contribution in [-0.2, 0) is 0 Å². The lowest BCUT2D eigenvalue weighted by molar-refractivity contribution is 1.25. The minimum atomic E-state index is 0.890. The van der Waals surface area contributed by atoms with Crippen LogP contribution in [0.15, 0.2) is 48.0 Å². The number of hydrogen-bond donors (Lipinski definition) is 1. The molecule has 0 aliphatic carbocycles. The molecule has 0 saturated heterocycles. The summed E-state index contributed by atoms with van der Waals surface area (Å²) >= 11 is 0. The van der Waals surface area contributed by atoms with E-state index in [2.05, 4.69) is 68.6 Å². The van der Waals surface area contributed by atoms with Crippen LogP contribution in [0.5, 0.6) is 0 Å². The van der Waals surface area contributed by atoms with Gasteiger partial charge in [-0.15, -0.1) is 0 Å². The third-order valence-electron chi connectivity index (χ3n) is 3.00. The van der Waals surface area contributed by atoms with Gasteiger partial charge in [-0.1, -0.05) is 42.0 Å². The highest BCUT2D eigenvalue weighted by molar-refractivity contribution is 5.89. The molecule has 88 valence electrons. The van der Waals surface area contributed by atoms with E-state index >= 15 is 0 Å². The van der Waals surface area contributed by atoms with Crippen molar-refractivity contribution >= 4 is 16.5 Å². The molecular weight excluding hydrogens is 206 g/mol. The van der Waals surface area contributed by atoms with E-state index in [-0.39, 0.29) is 0 Å². The molecular formula is C16H19N. The van der Waals surface area contributed by atoms with Gasteiger partial charge in [0.2, 0.25) is 0 Å². The lowest BCUT2D eigenvalue weighted by atomic mass is 10.0. The predicted molar refractivity (Wildman–Crippen MR) is 76.6 cm³/mol. The molecule has 17 heavy (non-hydrogen) atoms. The number of hydrogen-bond acceptors (Lipinski definition) is 1. The summed E-state index contributed by atoms with van der Waals surface area (Å²) in [5.74, 6) is 0. The number of fused-ring (bicyclic) bond motifs is 1. The van der Waals surface area contributed by atoms with Gasteiger partial charge in [-0.2, -0.15) is 0 Å². The number of anilines is 1. The third-order valence-corrected chi connectivity index (χ3v) is 3.00. The molecule has 0 atom stereocenters. The monoisotopic (exact) mass is 225 g/mol. The van der Waals surface area contributed by atoms with Crippen molar-refractivity contribution in [1.82, 2.24) is 0 Å². The van der Waals surface area contributed by atoms with Crippen molar-refractivity contribution in [2.75, 3.05) is 11.9 Å². The summed E-state index contributed by atoms with van der Waals surface area (Å²) in [5, 5.41) is 6.09. The maximum Gasteiger partial charge on any atom is 0.0378 e. The number of nitrogens with one attached hydrogen (secondary N) is 1. The van der Waals surface area contributed by atoms with E-state index < -0.39 is 0 Å². The summed E-state index contributed by atoms with van der Waals surface area (Å²) in [7, 11) is 0. The number of benzene rings is 2. The highest BCUT2D eigenvalue weighted by atomic mass is 14.9. The highest BCUT2D eigenvalue weighted by Crippen LogP contribution is 2.24. The molecule has 0 bridgehead atoms. The Hall–Kier alpha value is -1.76. The third kappa shape index (κ3) is 2.68. The highest BCUT2D eigenvalue weighted by Gasteiger charge is 2.01. The topological polar surface area (TPSA) is 12.0 Å². The second-order valence-electron chi connectivity index (χ2n) is 4.62. The Morgan fingerprint density at radius 1 is 1.12 bits per heavy atom. The maximum atomic E-state index is 3.46. The van der Waals surface area contributed by atoms with Crippen LogP contribution in [0.4, 0.5) is 5.69 Å². The first-order valence-corrected chi connectivity index (χ1v) is 6.04. The normalized spacial score (nSPS) is 10.3. The van der Waals surface area contributed by atoms with Gasteiger partial charge in [-0.05, 0) is 43.2 Å². The molecule has 0 amide bonds. The quantitative estimate of drug-likeness (QED) is 0.757. The van der Waals surface area contributed by atoms with Crippen LogP contribution in [0, 0.1) is 6.92 Å². The molecule has 0 fully saturated rings. The molecule has 1 nitrogen and oxygen atoms in total. The molecule has 0 saturated carbocycles. The Morgan fingerprint density at radius 3 is 2.65 bits per heavy atom. The van der Waals surface area contributed by atoms with Crippen LogP contribution < -0.4 is 5.32 Å². The second-order valence-corrected chi connectivity index (χ2v) is 4.62. The van der Waals surface area contributed by atoms with E-state index in [0.29, 0.717) is 0 Å². The van der Waals surface area contributed by atoms with E-state index in [1.807, 2.05) is 0 Å². The Balaban J connectivity index is 2.30. The van der Waals surface area contributed by atoms with Crippen LogP contribution in [-0.4, -0.2) is 6.54 Å². The van der Waals surface area contributed by atoms with Crippen LogP contribution in [0.3, 0.4) is 0 Å². The van der Waals surface area contributed by atoms with Gasteiger partial charge in [0, 0.05) is 12.2 Å². The van der Waals surface area contributed by atoms with Gasteiger partial charge in [0.15, 0.2) is 0 Å². The molecule has 2 aromatic carbocycles. The van der Waals surface area contributed by atoms with Crippen LogP contribution >= 0.6 is 0 Å². The molecule has 0 spiro atoms. The minimum Gasteiger partial charge on any atom is -0.381 e. The molecule has 0 unspecified atom stereocenters. The molecule has 2 rings (SSSR count). The fourth-order valence-electron chi connectivity index (χ4n) is 1.98. The first-order chi connectivity index (χ1) is 8.18. The van der Waals surface area contributed by atoms with Gasteiger partial charge in [0.25, 0.3) is 0 Å². The number of allylic oxidation sites excluding steroid dienone is 1. The van der Waals surface area contributed by atoms with Crippen LogP contribution in [0.1, 0.15) is 19.4 Å². The first kappa shape index (κ1) is 11.7. The minimum absolute atomic E-state index is 0.890. The van der Waals surface area contributed by atoms with Crippen molar-refractivity contribution in [3.05, 3.63) is 53.6 Å². The van der Waals surface area contributed by atoms with Crippen molar-refractivity contribution < 1.29 is 0 Å². The Morgan fingerprint density at radius 2 is 1.88 bits per heavy atom. The first-order valence-electron chi connectivity index (χ1n) is 6.04. The fourth-order valence-corrected chi connectivity index (χ4v) is 1.98. The van der Waals surface area contributed by atoms with Crippen LogP contribution in [0.25, 0.3) is 10.8 Å². The van der Waals surface area contributed by atoms with Gasteiger partial charge in [-0.3, -0.25) is 0 Å². The SMILES string of the molecule is CC(C)=CCNc1ccc2ccccc2c1C. The van der Waals surface area contributed by atoms with Gasteiger partial charge < -0.3 is 5.32 Å². The van der Waals surface area contributed by atoms with E-state index in [1.54, 1.807) is 0 Å². The molecule has 2 aromatic rings. The summed E-state index contributed by atoms with van der Waals surface area (Å²) in [6.45, 7) is 7.30. The Kier molecular flexibility index (Phi) is 3.48. The van der Waals surface area contributed by atoms with Gasteiger partial charge in [0.05, 0.1) is 0 Å². The van der Waals surface area contributed by atoms with Crippen molar-refractivity contribution in [3.8, 4) is 0 Å². The second kappa shape index (κ2) is 5.05. The standard InChI is InChI=1S/C16H19N/c1-12(2)10-11-17-16-9-8-14-6-4-5-7-15(14)13(16)3/h4-10,17H,11H2,1-3H3. The van der Waals surface area contributed by atoms with Crippen molar-refractivity contribution in [2.45, 2.75) is 20.8 Å². The molecule has 0 aliphatic heterocycles. The van der Waals surface area contributed by atoms with Gasteiger partial charge in [0.1, 0.15) is 0 Å². The summed E-state index contributed by atoms with van der Waals surface area (Å²) in [5.41, 5.74) is 3.89. The van der Waals surface area contributed by atoms with E-state index in [0.717, 1.165) is 6.54 Å². The Bertz CT molecular complexity index is 548. The largest absolute Gasteiger partial charge is 0.381 e. The van der Waals surface area contributed by atoms with E-state index in [9.17, 15) is 0 Å². The number of aryl methyl sites for hydroxylation is 1. The van der Waals surface area contributed by atoms with Gasteiger partial charge in [-0.25, -0.2) is 0 Å². The summed E-state index contributed by atoms with van der Waals surface area (Å²) in [4.78, 5) is 0. The predicted octanol–water partition coefficient (Wildman–Crippen LogP) is 4.53. The zero-order valence-electron chi connectivity index (χ0n) is 10.7. The summed E-state index contributed by atoms with van der Waals surface area (Å²) < 4.78 is 0. The fraction of sp³-hybridized carbons (Fsp3) is 0.250. The smallest absolute Gasteiger partial charge is 0.0378 e. The van der Waals surface area contributed by atoms with Crippen molar-refractivity contribution in [3.63, 3.8) is 0 Å². The summed E-state index contributed by atoms with van der Waals surface area (Å²) in [6.07, 6.45) is 2.20. The zero-order chi connectivity index (χ0) is 12.3. The lowest BCUT2D eigenvalue weighted by Gasteiger charge is -2.10. The molecule has 0 aliphatic rings. The molecule has 0 radical (unpaired) electrons. The zero-order valence-corrected chi connectivity index (χ0v) is 10.7. The number of rotatable bonds is 3. The maximum absolute atomic E-state index is 3.46. The average Bonchev–Trinajstić information content (AvgIpc) is 2.32. The Labute approximate surface area is 103 Å². The van der Waals surface area contributed by atoms with E-state index in [1.165, 1.54) is 27.6 Å². The average molecular weight is 225 g/mol. The van der Waals surface area contributed by atoms with Crippen molar-refractivity contribution in [1.29, 1.82) is 0 Å². The molecule has 0 aromatic heterocycles. The summed E-state index contributed by atoms with van der Waals surface area (Å²) in [6, 6.07) is 12.8. The van der Waals surface area contributed by atoms with Crippen LogP contribution in [0.2, 0.25) is 0 Å². The van der Waals surface area contributed by atoms with E-state index in [4.69, 9.17) is 0 Å².